The van der Waals surface area contributed by atoms with E-state index in [2.05, 4.69) is 4.98 Å². The first kappa shape index (κ1) is 14.3. The monoisotopic (exact) mass is 309 g/mol. The summed E-state index contributed by atoms with van der Waals surface area (Å²) in [4.78, 5) is 28.7. The molecule has 2 unspecified atom stereocenters. The highest BCUT2D eigenvalue weighted by Crippen LogP contribution is 2.37. The Bertz CT molecular complexity index is 593. The van der Waals surface area contributed by atoms with Crippen molar-refractivity contribution in [1.29, 1.82) is 0 Å². The zero-order chi connectivity index (χ0) is 15.0. The third-order valence-electron chi connectivity index (χ3n) is 4.55. The molecular weight excluding hydrogens is 294 g/mol. The summed E-state index contributed by atoms with van der Waals surface area (Å²) in [5.74, 6) is 0.250. The lowest BCUT2D eigenvalue weighted by Gasteiger charge is -2.31. The molecular formula is C14H16ClN3O3. The minimum Gasteiger partial charge on any atom is -0.335 e. The zero-order valence-electron chi connectivity index (χ0n) is 11.5. The summed E-state index contributed by atoms with van der Waals surface area (Å²) in [6, 6.07) is 1.52. The average molecular weight is 310 g/mol. The fourth-order valence-corrected chi connectivity index (χ4v) is 3.71. The predicted molar refractivity (Wildman–Crippen MR) is 77.3 cm³/mol. The highest BCUT2D eigenvalue weighted by molar-refractivity contribution is 6.29. The molecule has 0 radical (unpaired) electrons. The standard InChI is InChI=1S/C14H16ClN3O3/c15-13-7-10(12(8-16-13)18(20)21)14(19)17-6-5-9-3-1-2-4-11(9)17/h7-9,11H,1-6H2. The van der Waals surface area contributed by atoms with E-state index in [0.29, 0.717) is 12.5 Å². The Morgan fingerprint density at radius 2 is 2.14 bits per heavy atom. The first-order chi connectivity index (χ1) is 10.1. The Kier molecular flexibility index (Phi) is 3.80. The van der Waals surface area contributed by atoms with Crippen molar-refractivity contribution >= 4 is 23.2 Å². The molecule has 0 spiro atoms. The number of likely N-dealkylation sites (tertiary alicyclic amines) is 1. The van der Waals surface area contributed by atoms with Gasteiger partial charge in [-0.05, 0) is 31.2 Å². The number of nitrogens with zero attached hydrogens (tertiary/aromatic N) is 3. The Labute approximate surface area is 127 Å². The van der Waals surface area contributed by atoms with Crippen molar-refractivity contribution in [1.82, 2.24) is 9.88 Å². The summed E-state index contributed by atoms with van der Waals surface area (Å²) in [7, 11) is 0. The van der Waals surface area contributed by atoms with Crippen LogP contribution in [-0.4, -0.2) is 33.3 Å². The molecule has 0 bridgehead atoms. The van der Waals surface area contributed by atoms with Crippen LogP contribution in [0.15, 0.2) is 12.3 Å². The van der Waals surface area contributed by atoms with Crippen LogP contribution >= 0.6 is 11.6 Å². The van der Waals surface area contributed by atoms with Crippen LogP contribution in [0.25, 0.3) is 0 Å². The van der Waals surface area contributed by atoms with E-state index in [9.17, 15) is 14.9 Å². The third-order valence-corrected chi connectivity index (χ3v) is 4.75. The normalized spacial score (nSPS) is 24.7. The van der Waals surface area contributed by atoms with E-state index in [0.717, 1.165) is 31.9 Å². The lowest BCUT2D eigenvalue weighted by molar-refractivity contribution is -0.385. The molecule has 21 heavy (non-hydrogen) atoms. The second kappa shape index (κ2) is 5.60. The SMILES string of the molecule is O=C(c1cc(Cl)ncc1[N+](=O)[O-])N1CCC2CCCCC21. The van der Waals surface area contributed by atoms with Crippen LogP contribution in [0.3, 0.4) is 0 Å². The van der Waals surface area contributed by atoms with Crippen LogP contribution in [-0.2, 0) is 0 Å². The number of pyridine rings is 1. The molecule has 1 saturated carbocycles. The fraction of sp³-hybridized carbons (Fsp3) is 0.571. The molecule has 0 N–H and O–H groups in total. The van der Waals surface area contributed by atoms with Crippen LogP contribution < -0.4 is 0 Å². The number of hydrogen-bond donors (Lipinski definition) is 0. The summed E-state index contributed by atoms with van der Waals surface area (Å²) < 4.78 is 0. The summed E-state index contributed by atoms with van der Waals surface area (Å²) in [6.07, 6.45) is 6.51. The van der Waals surface area contributed by atoms with Gasteiger partial charge in [0.2, 0.25) is 0 Å². The Balaban J connectivity index is 1.92. The number of carbonyl (C=O) groups is 1. The van der Waals surface area contributed by atoms with E-state index in [1.165, 1.54) is 12.5 Å². The van der Waals surface area contributed by atoms with Crippen LogP contribution in [0, 0.1) is 16.0 Å². The van der Waals surface area contributed by atoms with E-state index >= 15 is 0 Å². The molecule has 3 rings (SSSR count). The second-order valence-corrected chi connectivity index (χ2v) is 6.07. The van der Waals surface area contributed by atoms with Gasteiger partial charge in [0.1, 0.15) is 16.9 Å². The summed E-state index contributed by atoms with van der Waals surface area (Å²) in [5.41, 5.74) is -0.227. The Morgan fingerprint density at radius 3 is 2.90 bits per heavy atom. The number of aromatic nitrogens is 1. The van der Waals surface area contributed by atoms with Gasteiger partial charge in [-0.15, -0.1) is 0 Å². The van der Waals surface area contributed by atoms with Crippen molar-refractivity contribution in [2.75, 3.05) is 6.54 Å². The maximum atomic E-state index is 12.7. The molecule has 6 nitrogen and oxygen atoms in total. The van der Waals surface area contributed by atoms with Crippen molar-refractivity contribution in [2.24, 2.45) is 5.92 Å². The minimum atomic E-state index is -0.578. The van der Waals surface area contributed by atoms with Crippen molar-refractivity contribution in [3.05, 3.63) is 33.1 Å². The highest BCUT2D eigenvalue weighted by atomic mass is 35.5. The Morgan fingerprint density at radius 1 is 1.38 bits per heavy atom. The van der Waals surface area contributed by atoms with E-state index in [-0.39, 0.29) is 28.4 Å². The number of carbonyl (C=O) groups excluding carboxylic acids is 1. The fourth-order valence-electron chi connectivity index (χ4n) is 3.55. The molecule has 112 valence electrons. The summed E-state index contributed by atoms with van der Waals surface area (Å²) >= 11 is 5.81. The molecule has 2 fully saturated rings. The van der Waals surface area contributed by atoms with Gasteiger partial charge in [0.25, 0.3) is 11.6 Å². The molecule has 0 aromatic carbocycles. The number of amides is 1. The van der Waals surface area contributed by atoms with Gasteiger partial charge in [0.15, 0.2) is 0 Å². The van der Waals surface area contributed by atoms with Crippen molar-refractivity contribution in [3.8, 4) is 0 Å². The molecule has 1 aliphatic carbocycles. The smallest absolute Gasteiger partial charge is 0.300 e. The van der Waals surface area contributed by atoms with Gasteiger partial charge < -0.3 is 4.90 Å². The number of fused-ring (bicyclic) bond motifs is 1. The number of hydrogen-bond acceptors (Lipinski definition) is 4. The third kappa shape index (κ3) is 2.60. The summed E-state index contributed by atoms with van der Waals surface area (Å²) in [6.45, 7) is 0.672. The van der Waals surface area contributed by atoms with Gasteiger partial charge >= 0.3 is 0 Å². The van der Waals surface area contributed by atoms with Crippen LogP contribution in [0.1, 0.15) is 42.5 Å². The van der Waals surface area contributed by atoms with Crippen molar-refractivity contribution in [2.45, 2.75) is 38.1 Å². The van der Waals surface area contributed by atoms with Gasteiger partial charge in [0, 0.05) is 12.6 Å². The molecule has 1 amide bonds. The van der Waals surface area contributed by atoms with E-state index in [4.69, 9.17) is 11.6 Å². The number of rotatable bonds is 2. The lowest BCUT2D eigenvalue weighted by Crippen LogP contribution is -2.39. The molecule has 2 heterocycles. The van der Waals surface area contributed by atoms with Crippen LogP contribution in [0.2, 0.25) is 5.15 Å². The maximum Gasteiger partial charge on any atom is 0.300 e. The van der Waals surface area contributed by atoms with Gasteiger partial charge in [-0.1, -0.05) is 24.4 Å². The van der Waals surface area contributed by atoms with Gasteiger partial charge in [-0.25, -0.2) is 4.98 Å². The molecule has 1 saturated heterocycles. The zero-order valence-corrected chi connectivity index (χ0v) is 12.3. The van der Waals surface area contributed by atoms with Gasteiger partial charge in [0.05, 0.1) is 4.92 Å². The van der Waals surface area contributed by atoms with Gasteiger partial charge in [-0.2, -0.15) is 0 Å². The van der Waals surface area contributed by atoms with Crippen LogP contribution in [0.5, 0.6) is 0 Å². The average Bonchev–Trinajstić information content (AvgIpc) is 2.90. The molecule has 1 aromatic rings. The molecule has 1 aromatic heterocycles. The molecule has 2 atom stereocenters. The molecule has 7 heteroatoms. The van der Waals surface area contributed by atoms with E-state index in [1.807, 2.05) is 0 Å². The maximum absolute atomic E-state index is 12.7. The largest absolute Gasteiger partial charge is 0.335 e. The number of nitro groups is 1. The quantitative estimate of drug-likeness (QED) is 0.478. The molecule has 1 aliphatic heterocycles. The van der Waals surface area contributed by atoms with Crippen LogP contribution in [0.4, 0.5) is 5.69 Å². The predicted octanol–water partition coefficient (Wildman–Crippen LogP) is 3.05. The van der Waals surface area contributed by atoms with Crippen molar-refractivity contribution < 1.29 is 9.72 Å². The lowest BCUT2D eigenvalue weighted by atomic mass is 9.85. The first-order valence-corrected chi connectivity index (χ1v) is 7.56. The molecule has 2 aliphatic rings. The second-order valence-electron chi connectivity index (χ2n) is 5.68. The minimum absolute atomic E-state index is 0.0474. The van der Waals surface area contributed by atoms with E-state index < -0.39 is 4.92 Å². The topological polar surface area (TPSA) is 76.3 Å². The number of halogens is 1. The highest BCUT2D eigenvalue weighted by Gasteiger charge is 2.40. The van der Waals surface area contributed by atoms with Gasteiger partial charge in [-0.3, -0.25) is 14.9 Å². The first-order valence-electron chi connectivity index (χ1n) is 7.19. The van der Waals surface area contributed by atoms with E-state index in [1.54, 1.807) is 4.90 Å². The Hall–Kier alpha value is -1.69. The van der Waals surface area contributed by atoms with Crippen molar-refractivity contribution in [3.63, 3.8) is 0 Å². The summed E-state index contributed by atoms with van der Waals surface area (Å²) in [5, 5.41) is 11.2.